The van der Waals surface area contributed by atoms with Gasteiger partial charge in [-0.2, -0.15) is 5.10 Å². The van der Waals surface area contributed by atoms with E-state index in [-0.39, 0.29) is 29.0 Å². The molecule has 0 radical (unpaired) electrons. The van der Waals surface area contributed by atoms with Gasteiger partial charge in [-0.1, -0.05) is 30.3 Å². The van der Waals surface area contributed by atoms with E-state index in [0.29, 0.717) is 21.9 Å². The van der Waals surface area contributed by atoms with E-state index in [1.165, 1.54) is 4.57 Å². The van der Waals surface area contributed by atoms with Crippen molar-refractivity contribution in [2.24, 2.45) is 12.1 Å². The van der Waals surface area contributed by atoms with Crippen LogP contribution in [-0.4, -0.2) is 21.4 Å². The van der Waals surface area contributed by atoms with Crippen molar-refractivity contribution in [2.45, 2.75) is 12.5 Å². The van der Waals surface area contributed by atoms with Crippen LogP contribution in [0.15, 0.2) is 73.7 Å². The number of aromatic nitrogens is 1. The Hall–Kier alpha value is -4.40. The molecule has 1 aliphatic heterocycles. The van der Waals surface area contributed by atoms with Crippen LogP contribution < -0.4 is 21.9 Å². The summed E-state index contributed by atoms with van der Waals surface area (Å²) in [6.07, 6.45) is -0.0109. The molecule has 4 aromatic rings. The third-order valence-corrected chi connectivity index (χ3v) is 5.61. The fraction of sp³-hybridized carbons (Fsp3) is 0.130. The third-order valence-electron chi connectivity index (χ3n) is 5.61. The normalized spacial score (nSPS) is 16.3. The SMILES string of the molecule is Cn1c(=O)c([C@@H]2CC(c3cc4ccccc4oc3=O)=NNC(=O)N2)c(O)c2ccccc21. The Bertz CT molecular complexity index is 1550. The number of pyridine rings is 1. The lowest BCUT2D eigenvalue weighted by Gasteiger charge is -2.19. The number of nitrogens with zero attached hydrogens (tertiary/aromatic N) is 2. The minimum absolute atomic E-state index is 0.0109. The summed E-state index contributed by atoms with van der Waals surface area (Å²) in [6.45, 7) is 0. The molecule has 3 N–H and O–H groups in total. The number of fused-ring (bicyclic) bond motifs is 2. The number of hydrogen-bond donors (Lipinski definition) is 3. The minimum Gasteiger partial charge on any atom is -0.507 e. The first kappa shape index (κ1) is 19.6. The molecule has 32 heavy (non-hydrogen) atoms. The third kappa shape index (κ3) is 3.11. The van der Waals surface area contributed by atoms with Crippen LogP contribution in [0.2, 0.25) is 0 Å². The Morgan fingerprint density at radius 3 is 2.69 bits per heavy atom. The lowest BCUT2D eigenvalue weighted by molar-refractivity contribution is 0.238. The number of urea groups is 1. The second kappa shape index (κ2) is 7.38. The molecule has 0 unspecified atom stereocenters. The van der Waals surface area contributed by atoms with E-state index >= 15 is 0 Å². The van der Waals surface area contributed by atoms with Crippen molar-refractivity contribution >= 4 is 33.6 Å². The molecule has 2 aromatic carbocycles. The van der Waals surface area contributed by atoms with Gasteiger partial charge in [0.1, 0.15) is 11.3 Å². The highest BCUT2D eigenvalue weighted by molar-refractivity contribution is 6.04. The monoisotopic (exact) mass is 430 g/mol. The largest absolute Gasteiger partial charge is 0.507 e. The van der Waals surface area contributed by atoms with Gasteiger partial charge in [0, 0.05) is 24.2 Å². The number of aromatic hydroxyl groups is 1. The molecule has 9 heteroatoms. The van der Waals surface area contributed by atoms with E-state index in [4.69, 9.17) is 4.42 Å². The molecule has 0 saturated heterocycles. The average molecular weight is 430 g/mol. The Kier molecular flexibility index (Phi) is 4.51. The van der Waals surface area contributed by atoms with E-state index in [2.05, 4.69) is 15.8 Å². The molecule has 0 bridgehead atoms. The van der Waals surface area contributed by atoms with Gasteiger partial charge in [-0.15, -0.1) is 0 Å². The van der Waals surface area contributed by atoms with E-state index in [1.54, 1.807) is 55.6 Å². The van der Waals surface area contributed by atoms with Crippen LogP contribution in [0.25, 0.3) is 21.9 Å². The highest BCUT2D eigenvalue weighted by atomic mass is 16.4. The molecule has 0 aliphatic carbocycles. The average Bonchev–Trinajstić information content (AvgIpc) is 2.98. The first-order valence-corrected chi connectivity index (χ1v) is 9.91. The highest BCUT2D eigenvalue weighted by Gasteiger charge is 2.29. The fourth-order valence-electron chi connectivity index (χ4n) is 4.02. The summed E-state index contributed by atoms with van der Waals surface area (Å²) in [5.41, 5.74) is 2.63. The van der Waals surface area contributed by atoms with Crippen LogP contribution in [0.3, 0.4) is 0 Å². The zero-order chi connectivity index (χ0) is 22.4. The van der Waals surface area contributed by atoms with Crippen molar-refractivity contribution in [3.63, 3.8) is 0 Å². The lowest BCUT2D eigenvalue weighted by Crippen LogP contribution is -2.37. The van der Waals surface area contributed by atoms with Gasteiger partial charge in [0.2, 0.25) is 0 Å². The Morgan fingerprint density at radius 2 is 1.84 bits per heavy atom. The molecule has 160 valence electrons. The standard InChI is InChI=1S/C23H18N4O5/c1-27-17-8-4-3-7-13(17)20(28)19(21(27)29)16-11-15(25-26-23(31)24-16)14-10-12-6-2-5-9-18(12)32-22(14)30/h2-10,16,28H,11H2,1H3,(H2,24,26,31)/t16-/m0/s1. The second-order valence-corrected chi connectivity index (χ2v) is 7.53. The summed E-state index contributed by atoms with van der Waals surface area (Å²) in [7, 11) is 1.59. The number of benzene rings is 2. The Morgan fingerprint density at radius 1 is 1.09 bits per heavy atom. The van der Waals surface area contributed by atoms with E-state index in [0.717, 1.165) is 0 Å². The number of aryl methyl sites for hydroxylation is 1. The molecule has 0 saturated carbocycles. The summed E-state index contributed by atoms with van der Waals surface area (Å²) in [5, 5.41) is 18.8. The van der Waals surface area contributed by atoms with Crippen molar-refractivity contribution < 1.29 is 14.3 Å². The molecule has 0 spiro atoms. The van der Waals surface area contributed by atoms with Crippen LogP contribution in [0.1, 0.15) is 23.6 Å². The van der Waals surface area contributed by atoms with Crippen LogP contribution in [0, 0.1) is 0 Å². The first-order valence-electron chi connectivity index (χ1n) is 9.91. The van der Waals surface area contributed by atoms with E-state index < -0.39 is 23.3 Å². The molecule has 3 heterocycles. The lowest BCUT2D eigenvalue weighted by atomic mass is 9.96. The van der Waals surface area contributed by atoms with Crippen molar-refractivity contribution in [1.29, 1.82) is 0 Å². The predicted octanol–water partition coefficient (Wildman–Crippen LogP) is 2.50. The van der Waals surface area contributed by atoms with Crippen LogP contribution in [-0.2, 0) is 7.05 Å². The number of para-hydroxylation sites is 2. The number of amides is 2. The van der Waals surface area contributed by atoms with E-state index in [9.17, 15) is 19.5 Å². The number of rotatable bonds is 2. The number of nitrogens with one attached hydrogen (secondary N) is 2. The van der Waals surface area contributed by atoms with Gasteiger partial charge in [-0.05, 0) is 24.3 Å². The molecular formula is C23H18N4O5. The van der Waals surface area contributed by atoms with Crippen molar-refractivity contribution in [1.82, 2.24) is 15.3 Å². The second-order valence-electron chi connectivity index (χ2n) is 7.53. The molecule has 2 aromatic heterocycles. The first-order chi connectivity index (χ1) is 15.4. The number of hydrogen-bond acceptors (Lipinski definition) is 6. The van der Waals surface area contributed by atoms with Gasteiger partial charge >= 0.3 is 11.7 Å². The molecule has 9 nitrogen and oxygen atoms in total. The smallest absolute Gasteiger partial charge is 0.345 e. The van der Waals surface area contributed by atoms with Gasteiger partial charge in [0.15, 0.2) is 0 Å². The summed E-state index contributed by atoms with van der Waals surface area (Å²) in [4.78, 5) is 38.0. The van der Waals surface area contributed by atoms with Crippen molar-refractivity contribution in [3.8, 4) is 5.75 Å². The minimum atomic E-state index is -0.926. The summed E-state index contributed by atoms with van der Waals surface area (Å²) >= 11 is 0. The maximum atomic E-state index is 13.1. The number of carbonyl (C=O) groups is 1. The quantitative estimate of drug-likeness (QED) is 0.421. The number of hydrazone groups is 1. The van der Waals surface area contributed by atoms with Gasteiger partial charge in [-0.3, -0.25) is 4.79 Å². The maximum absolute atomic E-state index is 13.1. The summed E-state index contributed by atoms with van der Waals surface area (Å²) < 4.78 is 6.81. The topological polar surface area (TPSA) is 126 Å². The van der Waals surface area contributed by atoms with Gasteiger partial charge < -0.3 is 19.4 Å². The molecule has 5 rings (SSSR count). The molecule has 1 atom stereocenters. The zero-order valence-corrected chi connectivity index (χ0v) is 17.0. The van der Waals surface area contributed by atoms with Crippen LogP contribution in [0.4, 0.5) is 4.79 Å². The van der Waals surface area contributed by atoms with Gasteiger partial charge in [-0.25, -0.2) is 15.0 Å². The summed E-state index contributed by atoms with van der Waals surface area (Å²) in [6, 6.07) is 14.0. The van der Waals surface area contributed by atoms with Crippen LogP contribution in [0.5, 0.6) is 5.75 Å². The fourth-order valence-corrected chi connectivity index (χ4v) is 4.02. The Labute approximate surface area is 180 Å². The van der Waals surface area contributed by atoms with Gasteiger partial charge in [0.05, 0.1) is 28.4 Å². The van der Waals surface area contributed by atoms with Crippen LogP contribution >= 0.6 is 0 Å². The molecular weight excluding hydrogens is 412 g/mol. The maximum Gasteiger partial charge on any atom is 0.345 e. The number of carbonyl (C=O) groups excluding carboxylic acids is 1. The molecule has 1 aliphatic rings. The van der Waals surface area contributed by atoms with Gasteiger partial charge in [0.25, 0.3) is 5.56 Å². The highest BCUT2D eigenvalue weighted by Crippen LogP contribution is 2.32. The van der Waals surface area contributed by atoms with Crippen molar-refractivity contribution in [3.05, 3.63) is 86.5 Å². The Balaban J connectivity index is 1.66. The summed E-state index contributed by atoms with van der Waals surface area (Å²) in [5.74, 6) is -0.221. The van der Waals surface area contributed by atoms with E-state index in [1.807, 2.05) is 6.07 Å². The molecule has 0 fully saturated rings. The predicted molar refractivity (Wildman–Crippen MR) is 119 cm³/mol. The van der Waals surface area contributed by atoms with Crippen molar-refractivity contribution in [2.75, 3.05) is 0 Å². The zero-order valence-electron chi connectivity index (χ0n) is 17.0. The molecule has 2 amide bonds.